The van der Waals surface area contributed by atoms with Crippen molar-refractivity contribution < 1.29 is 14.3 Å². The Bertz CT molecular complexity index is 676. The standard InChI is InChI=1S/C18H20N2O3/c1-13-4-6-14(7-5-13)18(22)23-12-17(21)19-15-8-10-16(11-9-15)20(2)3/h4-11H,12H2,1-3H3,(H,19,21). The molecule has 0 aromatic heterocycles. The number of esters is 1. The summed E-state index contributed by atoms with van der Waals surface area (Å²) in [5, 5.41) is 2.69. The van der Waals surface area contributed by atoms with E-state index in [1.165, 1.54) is 0 Å². The second kappa shape index (κ2) is 7.45. The highest BCUT2D eigenvalue weighted by Crippen LogP contribution is 2.15. The number of carbonyl (C=O) groups excluding carboxylic acids is 2. The molecule has 0 aliphatic heterocycles. The summed E-state index contributed by atoms with van der Waals surface area (Å²) < 4.78 is 5.00. The third kappa shape index (κ3) is 4.85. The van der Waals surface area contributed by atoms with Gasteiger partial charge in [-0.2, -0.15) is 0 Å². The summed E-state index contributed by atoms with van der Waals surface area (Å²) in [5.74, 6) is -0.883. The highest BCUT2D eigenvalue weighted by atomic mass is 16.5. The summed E-state index contributed by atoms with van der Waals surface area (Å²) >= 11 is 0. The van der Waals surface area contributed by atoms with Gasteiger partial charge in [0.25, 0.3) is 5.91 Å². The smallest absolute Gasteiger partial charge is 0.338 e. The Kier molecular flexibility index (Phi) is 5.36. The van der Waals surface area contributed by atoms with E-state index in [2.05, 4.69) is 5.32 Å². The quantitative estimate of drug-likeness (QED) is 0.863. The molecule has 2 aromatic carbocycles. The van der Waals surface area contributed by atoms with Crippen LogP contribution in [0.3, 0.4) is 0 Å². The van der Waals surface area contributed by atoms with E-state index in [0.717, 1.165) is 11.3 Å². The lowest BCUT2D eigenvalue weighted by atomic mass is 10.1. The van der Waals surface area contributed by atoms with Gasteiger partial charge in [-0.15, -0.1) is 0 Å². The van der Waals surface area contributed by atoms with E-state index in [9.17, 15) is 9.59 Å². The van der Waals surface area contributed by atoms with E-state index in [0.29, 0.717) is 11.3 Å². The fraction of sp³-hybridized carbons (Fsp3) is 0.222. The SMILES string of the molecule is Cc1ccc(C(=O)OCC(=O)Nc2ccc(N(C)C)cc2)cc1. The first-order valence-electron chi connectivity index (χ1n) is 7.27. The first kappa shape index (κ1) is 16.5. The van der Waals surface area contributed by atoms with Crippen molar-refractivity contribution in [2.24, 2.45) is 0 Å². The van der Waals surface area contributed by atoms with Gasteiger partial charge in [0.1, 0.15) is 0 Å². The van der Waals surface area contributed by atoms with Crippen molar-refractivity contribution in [1.29, 1.82) is 0 Å². The van der Waals surface area contributed by atoms with Crippen molar-refractivity contribution in [3.63, 3.8) is 0 Å². The molecule has 5 nitrogen and oxygen atoms in total. The molecule has 0 atom stereocenters. The normalized spacial score (nSPS) is 10.0. The monoisotopic (exact) mass is 312 g/mol. The van der Waals surface area contributed by atoms with Crippen LogP contribution in [0.1, 0.15) is 15.9 Å². The summed E-state index contributed by atoms with van der Waals surface area (Å²) in [6.07, 6.45) is 0. The van der Waals surface area contributed by atoms with Crippen LogP contribution in [0.25, 0.3) is 0 Å². The van der Waals surface area contributed by atoms with Gasteiger partial charge in [0.05, 0.1) is 5.56 Å². The largest absolute Gasteiger partial charge is 0.452 e. The van der Waals surface area contributed by atoms with Crippen LogP contribution in [0, 0.1) is 6.92 Å². The molecule has 0 aliphatic rings. The van der Waals surface area contributed by atoms with Crippen LogP contribution in [0.2, 0.25) is 0 Å². The minimum absolute atomic E-state index is 0.317. The maximum absolute atomic E-state index is 11.8. The van der Waals surface area contributed by atoms with Crippen molar-refractivity contribution >= 4 is 23.3 Å². The Balaban J connectivity index is 1.85. The van der Waals surface area contributed by atoms with Crippen LogP contribution in [-0.2, 0) is 9.53 Å². The zero-order valence-corrected chi connectivity index (χ0v) is 13.5. The van der Waals surface area contributed by atoms with Gasteiger partial charge in [0, 0.05) is 25.5 Å². The topological polar surface area (TPSA) is 58.6 Å². The van der Waals surface area contributed by atoms with Crippen LogP contribution < -0.4 is 10.2 Å². The first-order valence-corrected chi connectivity index (χ1v) is 7.27. The summed E-state index contributed by atoms with van der Waals surface area (Å²) in [6.45, 7) is 1.62. The lowest BCUT2D eigenvalue weighted by Crippen LogP contribution is -2.21. The van der Waals surface area contributed by atoms with Crippen molar-refractivity contribution in [2.75, 3.05) is 30.9 Å². The van der Waals surface area contributed by atoms with Gasteiger partial charge >= 0.3 is 5.97 Å². The number of aryl methyl sites for hydroxylation is 1. The average Bonchev–Trinajstić information content (AvgIpc) is 2.54. The number of carbonyl (C=O) groups is 2. The van der Waals surface area contributed by atoms with E-state index in [4.69, 9.17) is 4.74 Å². The average molecular weight is 312 g/mol. The van der Waals surface area contributed by atoms with E-state index in [-0.39, 0.29) is 12.5 Å². The summed E-state index contributed by atoms with van der Waals surface area (Å²) in [5.41, 5.74) is 3.18. The molecule has 23 heavy (non-hydrogen) atoms. The zero-order valence-electron chi connectivity index (χ0n) is 13.5. The molecule has 0 unspecified atom stereocenters. The minimum Gasteiger partial charge on any atom is -0.452 e. The van der Waals surface area contributed by atoms with E-state index >= 15 is 0 Å². The number of hydrogen-bond acceptors (Lipinski definition) is 4. The molecule has 2 aromatic rings. The van der Waals surface area contributed by atoms with Crippen LogP contribution in [0.5, 0.6) is 0 Å². The molecule has 0 saturated carbocycles. The lowest BCUT2D eigenvalue weighted by molar-refractivity contribution is -0.119. The molecular weight excluding hydrogens is 292 g/mol. The van der Waals surface area contributed by atoms with E-state index in [1.54, 1.807) is 24.3 Å². The third-order valence-electron chi connectivity index (χ3n) is 3.29. The molecule has 1 amide bonds. The van der Waals surface area contributed by atoms with Crippen LogP contribution in [0.15, 0.2) is 48.5 Å². The van der Waals surface area contributed by atoms with E-state index in [1.807, 2.05) is 50.2 Å². The second-order valence-corrected chi connectivity index (χ2v) is 5.43. The van der Waals surface area contributed by atoms with Crippen molar-refractivity contribution in [3.8, 4) is 0 Å². The molecule has 0 bridgehead atoms. The van der Waals surface area contributed by atoms with Gasteiger partial charge in [-0.3, -0.25) is 4.79 Å². The molecule has 0 spiro atoms. The molecule has 0 aliphatic carbocycles. The molecule has 5 heteroatoms. The van der Waals surface area contributed by atoms with Crippen molar-refractivity contribution in [1.82, 2.24) is 0 Å². The lowest BCUT2D eigenvalue weighted by Gasteiger charge is -2.13. The number of nitrogens with zero attached hydrogens (tertiary/aromatic N) is 1. The Hall–Kier alpha value is -2.82. The second-order valence-electron chi connectivity index (χ2n) is 5.43. The maximum Gasteiger partial charge on any atom is 0.338 e. The highest BCUT2D eigenvalue weighted by Gasteiger charge is 2.10. The fourth-order valence-electron chi connectivity index (χ4n) is 1.94. The van der Waals surface area contributed by atoms with E-state index < -0.39 is 5.97 Å². The summed E-state index contributed by atoms with van der Waals surface area (Å²) in [7, 11) is 3.89. The fourth-order valence-corrected chi connectivity index (χ4v) is 1.94. The Morgan fingerprint density at radius 3 is 2.17 bits per heavy atom. The predicted octanol–water partition coefficient (Wildman–Crippen LogP) is 2.86. The molecule has 1 N–H and O–H groups in total. The number of amides is 1. The van der Waals surface area contributed by atoms with Gasteiger partial charge in [-0.05, 0) is 43.3 Å². The predicted molar refractivity (Wildman–Crippen MR) is 90.9 cm³/mol. The first-order chi connectivity index (χ1) is 11.0. The van der Waals surface area contributed by atoms with Crippen LogP contribution in [-0.4, -0.2) is 32.6 Å². The minimum atomic E-state index is -0.511. The third-order valence-corrected chi connectivity index (χ3v) is 3.29. The van der Waals surface area contributed by atoms with Crippen LogP contribution in [0.4, 0.5) is 11.4 Å². The van der Waals surface area contributed by atoms with Gasteiger partial charge in [-0.1, -0.05) is 17.7 Å². The van der Waals surface area contributed by atoms with Gasteiger partial charge in [-0.25, -0.2) is 4.79 Å². The molecule has 0 fully saturated rings. The Morgan fingerprint density at radius 2 is 1.61 bits per heavy atom. The number of anilines is 2. The zero-order chi connectivity index (χ0) is 16.8. The van der Waals surface area contributed by atoms with Gasteiger partial charge in [0.2, 0.25) is 0 Å². The molecule has 2 rings (SSSR count). The number of nitrogens with one attached hydrogen (secondary N) is 1. The molecule has 0 saturated heterocycles. The highest BCUT2D eigenvalue weighted by molar-refractivity contribution is 5.95. The Labute approximate surface area is 135 Å². The van der Waals surface area contributed by atoms with Crippen LogP contribution >= 0.6 is 0 Å². The molecule has 0 heterocycles. The molecule has 0 radical (unpaired) electrons. The van der Waals surface area contributed by atoms with Crippen molar-refractivity contribution in [3.05, 3.63) is 59.7 Å². The van der Waals surface area contributed by atoms with Gasteiger partial charge in [0.15, 0.2) is 6.61 Å². The van der Waals surface area contributed by atoms with Gasteiger partial charge < -0.3 is 15.0 Å². The number of ether oxygens (including phenoxy) is 1. The number of hydrogen-bond donors (Lipinski definition) is 1. The Morgan fingerprint density at radius 1 is 1.00 bits per heavy atom. The number of rotatable bonds is 5. The maximum atomic E-state index is 11.8. The number of benzene rings is 2. The van der Waals surface area contributed by atoms with Crippen molar-refractivity contribution in [2.45, 2.75) is 6.92 Å². The molecular formula is C18H20N2O3. The summed E-state index contributed by atoms with van der Waals surface area (Å²) in [6, 6.07) is 14.4. The summed E-state index contributed by atoms with van der Waals surface area (Å²) in [4.78, 5) is 25.6. The molecule has 120 valence electrons.